The van der Waals surface area contributed by atoms with Crippen LogP contribution in [0.15, 0.2) is 0 Å². The Labute approximate surface area is 88.9 Å². The molecule has 0 aliphatic carbocycles. The highest BCUT2D eigenvalue weighted by atomic mass is 32.2. The molecule has 1 saturated heterocycles. The lowest BCUT2D eigenvalue weighted by atomic mass is 10.0. The highest BCUT2D eigenvalue weighted by molar-refractivity contribution is 7.79. The van der Waals surface area contributed by atoms with E-state index in [4.69, 9.17) is 4.55 Å². The largest absolute Gasteiger partial charge is 0.316 e. The van der Waals surface area contributed by atoms with Crippen LogP contribution in [0.1, 0.15) is 38.5 Å². The van der Waals surface area contributed by atoms with Gasteiger partial charge in [0.2, 0.25) is 0 Å². The number of hydrogen-bond acceptors (Lipinski definition) is 2. The Morgan fingerprint density at radius 1 is 1.29 bits per heavy atom. The van der Waals surface area contributed by atoms with Crippen LogP contribution in [0.4, 0.5) is 0 Å². The molecular formula is C10H21NO2S. The maximum absolute atomic E-state index is 10.3. The Morgan fingerprint density at radius 2 is 2.07 bits per heavy atom. The fourth-order valence-corrected chi connectivity index (χ4v) is 2.42. The van der Waals surface area contributed by atoms with Crippen LogP contribution in [-0.2, 0) is 11.1 Å². The molecular weight excluding hydrogens is 198 g/mol. The Bertz CT molecular complexity index is 170. The summed E-state index contributed by atoms with van der Waals surface area (Å²) >= 11 is -1.58. The van der Waals surface area contributed by atoms with E-state index >= 15 is 0 Å². The van der Waals surface area contributed by atoms with E-state index in [9.17, 15) is 4.21 Å². The molecule has 84 valence electrons. The lowest BCUT2D eigenvalue weighted by Gasteiger charge is -2.06. The fraction of sp³-hybridized carbons (Fsp3) is 1.00. The first-order chi connectivity index (χ1) is 6.79. The minimum atomic E-state index is -1.58. The zero-order valence-electron chi connectivity index (χ0n) is 8.71. The molecule has 0 saturated carbocycles. The fourth-order valence-electron chi connectivity index (χ4n) is 1.97. The molecule has 2 N–H and O–H groups in total. The Balaban J connectivity index is 1.82. The van der Waals surface area contributed by atoms with Crippen LogP contribution < -0.4 is 5.32 Å². The molecule has 4 heteroatoms. The molecule has 0 radical (unpaired) electrons. The molecule has 1 heterocycles. The third-order valence-electron chi connectivity index (χ3n) is 2.84. The van der Waals surface area contributed by atoms with Gasteiger partial charge in [-0.1, -0.05) is 19.3 Å². The van der Waals surface area contributed by atoms with Crippen LogP contribution in [0.5, 0.6) is 0 Å². The van der Waals surface area contributed by atoms with Gasteiger partial charge in [-0.3, -0.25) is 0 Å². The van der Waals surface area contributed by atoms with Crippen molar-refractivity contribution in [3.8, 4) is 0 Å². The summed E-state index contributed by atoms with van der Waals surface area (Å²) in [6.07, 6.45) is 7.16. The lowest BCUT2D eigenvalue weighted by Crippen LogP contribution is -2.08. The van der Waals surface area contributed by atoms with Gasteiger partial charge in [-0.25, -0.2) is 4.21 Å². The van der Waals surface area contributed by atoms with Crippen LogP contribution in [0, 0.1) is 5.92 Å². The van der Waals surface area contributed by atoms with Crippen molar-refractivity contribution in [2.45, 2.75) is 38.5 Å². The van der Waals surface area contributed by atoms with Gasteiger partial charge in [0.25, 0.3) is 0 Å². The van der Waals surface area contributed by atoms with Gasteiger partial charge in [0.15, 0.2) is 11.1 Å². The highest BCUT2D eigenvalue weighted by Crippen LogP contribution is 2.16. The average molecular weight is 219 g/mol. The van der Waals surface area contributed by atoms with Crippen LogP contribution in [0.25, 0.3) is 0 Å². The molecule has 0 aromatic heterocycles. The molecule has 2 atom stereocenters. The summed E-state index contributed by atoms with van der Waals surface area (Å²) in [5.41, 5.74) is 0. The normalized spacial score (nSPS) is 23.9. The quantitative estimate of drug-likeness (QED) is 0.507. The summed E-state index contributed by atoms with van der Waals surface area (Å²) < 4.78 is 18.9. The van der Waals surface area contributed by atoms with E-state index in [1.165, 1.54) is 38.8 Å². The van der Waals surface area contributed by atoms with Crippen LogP contribution in [0.3, 0.4) is 0 Å². The molecule has 1 fully saturated rings. The van der Waals surface area contributed by atoms with Crippen molar-refractivity contribution in [3.05, 3.63) is 0 Å². The second-order valence-electron chi connectivity index (χ2n) is 4.09. The van der Waals surface area contributed by atoms with Gasteiger partial charge in [0.1, 0.15) is 0 Å². The maximum Gasteiger partial charge on any atom is 0.152 e. The van der Waals surface area contributed by atoms with Crippen LogP contribution in [-0.4, -0.2) is 27.6 Å². The smallest absolute Gasteiger partial charge is 0.152 e. The molecule has 0 spiro atoms. The Kier molecular flexibility index (Phi) is 6.39. The van der Waals surface area contributed by atoms with E-state index in [0.29, 0.717) is 5.75 Å². The summed E-state index contributed by atoms with van der Waals surface area (Å²) in [6.45, 7) is 2.38. The van der Waals surface area contributed by atoms with Crippen molar-refractivity contribution in [2.75, 3.05) is 18.8 Å². The highest BCUT2D eigenvalue weighted by Gasteiger charge is 2.12. The lowest BCUT2D eigenvalue weighted by molar-refractivity contribution is 0.488. The summed E-state index contributed by atoms with van der Waals surface area (Å²) in [5.74, 6) is 1.34. The van der Waals surface area contributed by atoms with Crippen molar-refractivity contribution < 1.29 is 8.76 Å². The number of nitrogens with one attached hydrogen (secondary N) is 1. The first-order valence-electron chi connectivity index (χ1n) is 5.57. The van der Waals surface area contributed by atoms with E-state index in [2.05, 4.69) is 5.32 Å². The van der Waals surface area contributed by atoms with E-state index in [1.807, 2.05) is 0 Å². The van der Waals surface area contributed by atoms with Gasteiger partial charge in [-0.15, -0.1) is 0 Å². The molecule has 14 heavy (non-hydrogen) atoms. The summed E-state index contributed by atoms with van der Waals surface area (Å²) in [7, 11) is 0. The summed E-state index contributed by atoms with van der Waals surface area (Å²) in [6, 6.07) is 0. The minimum absolute atomic E-state index is 0.449. The van der Waals surface area contributed by atoms with Crippen molar-refractivity contribution in [2.24, 2.45) is 5.92 Å². The first-order valence-corrected chi connectivity index (χ1v) is 6.85. The molecule has 0 bridgehead atoms. The second kappa shape index (κ2) is 7.37. The van der Waals surface area contributed by atoms with Crippen molar-refractivity contribution in [3.63, 3.8) is 0 Å². The second-order valence-corrected chi connectivity index (χ2v) is 5.14. The zero-order chi connectivity index (χ0) is 10.2. The zero-order valence-corrected chi connectivity index (χ0v) is 9.52. The molecule has 3 nitrogen and oxygen atoms in total. The summed E-state index contributed by atoms with van der Waals surface area (Å²) in [5, 5.41) is 3.37. The maximum atomic E-state index is 10.3. The molecule has 2 unspecified atom stereocenters. The third kappa shape index (κ3) is 5.73. The Morgan fingerprint density at radius 3 is 2.71 bits per heavy atom. The number of rotatable bonds is 7. The van der Waals surface area contributed by atoms with E-state index in [1.54, 1.807) is 0 Å². The monoisotopic (exact) mass is 219 g/mol. The summed E-state index contributed by atoms with van der Waals surface area (Å²) in [4.78, 5) is 0. The average Bonchev–Trinajstić information content (AvgIpc) is 2.63. The third-order valence-corrected chi connectivity index (χ3v) is 3.48. The van der Waals surface area contributed by atoms with Gasteiger partial charge in [0, 0.05) is 5.75 Å². The van der Waals surface area contributed by atoms with Gasteiger partial charge in [0.05, 0.1) is 0 Å². The van der Waals surface area contributed by atoms with E-state index in [0.717, 1.165) is 18.8 Å². The molecule has 1 aliphatic rings. The van der Waals surface area contributed by atoms with Gasteiger partial charge >= 0.3 is 0 Å². The van der Waals surface area contributed by atoms with Gasteiger partial charge in [-0.2, -0.15) is 0 Å². The standard InChI is InChI=1S/C10H21NO2S/c12-14(13)8-4-2-1-3-5-10-6-7-11-9-10/h10-11H,1-9H2,(H,12,13). The SMILES string of the molecule is O=S(O)CCCCCCC1CCNC1. The topological polar surface area (TPSA) is 49.3 Å². The first kappa shape index (κ1) is 12.1. The number of hydrogen-bond donors (Lipinski definition) is 2. The minimum Gasteiger partial charge on any atom is -0.316 e. The predicted octanol–water partition coefficient (Wildman–Crippen LogP) is 1.77. The van der Waals surface area contributed by atoms with Crippen molar-refractivity contribution >= 4 is 11.1 Å². The molecule has 0 aromatic carbocycles. The Hall–Kier alpha value is 0.0700. The van der Waals surface area contributed by atoms with Crippen LogP contribution >= 0.6 is 0 Å². The molecule has 0 amide bonds. The van der Waals surface area contributed by atoms with Crippen LogP contribution in [0.2, 0.25) is 0 Å². The van der Waals surface area contributed by atoms with E-state index in [-0.39, 0.29) is 0 Å². The predicted molar refractivity (Wildman–Crippen MR) is 59.7 cm³/mol. The molecule has 1 rings (SSSR count). The van der Waals surface area contributed by atoms with Crippen molar-refractivity contribution in [1.29, 1.82) is 0 Å². The molecule has 0 aromatic rings. The van der Waals surface area contributed by atoms with Crippen molar-refractivity contribution in [1.82, 2.24) is 5.32 Å². The van der Waals surface area contributed by atoms with E-state index < -0.39 is 11.1 Å². The molecule has 1 aliphatic heterocycles. The number of unbranched alkanes of at least 4 members (excludes halogenated alkanes) is 3. The van der Waals surface area contributed by atoms with Gasteiger partial charge in [-0.05, 0) is 38.3 Å². The van der Waals surface area contributed by atoms with Gasteiger partial charge < -0.3 is 9.87 Å².